The third-order valence-corrected chi connectivity index (χ3v) is 3.59. The first-order chi connectivity index (χ1) is 8.90. The van der Waals surface area contributed by atoms with Crippen LogP contribution in [0, 0.1) is 15.9 Å². The number of nitrogens with two attached hydrogens (primary N) is 1. The van der Waals surface area contributed by atoms with Crippen LogP contribution in [0.5, 0.6) is 0 Å². The first kappa shape index (κ1) is 13.5. The Hall–Kier alpha value is -1.89. The van der Waals surface area contributed by atoms with Gasteiger partial charge in [0.1, 0.15) is 11.5 Å². The first-order valence-corrected chi connectivity index (χ1v) is 6.08. The van der Waals surface area contributed by atoms with E-state index in [0.717, 1.165) is 18.7 Å². The Labute approximate surface area is 110 Å². The second-order valence-corrected chi connectivity index (χ2v) is 4.90. The molecule has 0 spiro atoms. The molecule has 1 aromatic rings. The van der Waals surface area contributed by atoms with Crippen molar-refractivity contribution >= 4 is 17.1 Å². The number of likely N-dealkylation sites (N-methyl/N-ethyl adjacent to an activating group) is 1. The molecule has 0 aliphatic carbocycles. The zero-order chi connectivity index (χ0) is 14.2. The van der Waals surface area contributed by atoms with Crippen LogP contribution in [0.15, 0.2) is 12.1 Å². The zero-order valence-corrected chi connectivity index (χ0v) is 11.0. The summed E-state index contributed by atoms with van der Waals surface area (Å²) in [4.78, 5) is 14.5. The van der Waals surface area contributed by atoms with Gasteiger partial charge in [0.2, 0.25) is 0 Å². The molecule has 1 unspecified atom stereocenters. The van der Waals surface area contributed by atoms with E-state index in [1.54, 1.807) is 0 Å². The summed E-state index contributed by atoms with van der Waals surface area (Å²) in [5.74, 6) is -0.618. The molecule has 104 valence electrons. The maximum atomic E-state index is 13.6. The van der Waals surface area contributed by atoms with E-state index in [-0.39, 0.29) is 17.4 Å². The minimum absolute atomic E-state index is 0.143. The van der Waals surface area contributed by atoms with Gasteiger partial charge < -0.3 is 15.5 Å². The van der Waals surface area contributed by atoms with Gasteiger partial charge in [-0.2, -0.15) is 0 Å². The summed E-state index contributed by atoms with van der Waals surface area (Å²) in [5, 5.41) is 11.1. The van der Waals surface area contributed by atoms with E-state index >= 15 is 0 Å². The molecule has 1 heterocycles. The molecule has 7 heteroatoms. The van der Waals surface area contributed by atoms with Crippen LogP contribution >= 0.6 is 0 Å². The second kappa shape index (κ2) is 5.00. The lowest BCUT2D eigenvalue weighted by molar-refractivity contribution is -0.384. The third kappa shape index (κ3) is 2.60. The van der Waals surface area contributed by atoms with E-state index in [1.165, 1.54) is 0 Å². The molecular formula is C12H17FN4O2. The smallest absolute Gasteiger partial charge is 0.294 e. The number of nitro groups is 1. The summed E-state index contributed by atoms with van der Waals surface area (Å²) in [6.07, 6.45) is 0. The van der Waals surface area contributed by atoms with Gasteiger partial charge in [0, 0.05) is 37.8 Å². The van der Waals surface area contributed by atoms with Crippen LogP contribution in [0.4, 0.5) is 21.5 Å². The Morgan fingerprint density at radius 3 is 2.74 bits per heavy atom. The van der Waals surface area contributed by atoms with Gasteiger partial charge in [0.15, 0.2) is 0 Å². The monoisotopic (exact) mass is 268 g/mol. The number of hydrogen-bond acceptors (Lipinski definition) is 5. The highest BCUT2D eigenvalue weighted by Crippen LogP contribution is 2.33. The summed E-state index contributed by atoms with van der Waals surface area (Å²) in [5.41, 5.74) is 5.36. The van der Waals surface area contributed by atoms with Gasteiger partial charge in [-0.05, 0) is 14.0 Å². The lowest BCUT2D eigenvalue weighted by atomic mass is 10.1. The summed E-state index contributed by atoms with van der Waals surface area (Å²) >= 11 is 0. The Kier molecular flexibility index (Phi) is 3.57. The molecule has 0 bridgehead atoms. The van der Waals surface area contributed by atoms with Crippen LogP contribution in [0.2, 0.25) is 0 Å². The fraction of sp³-hybridized carbons (Fsp3) is 0.500. The minimum Gasteiger partial charge on any atom is -0.396 e. The number of halogens is 1. The largest absolute Gasteiger partial charge is 0.396 e. The fourth-order valence-electron chi connectivity index (χ4n) is 2.23. The van der Waals surface area contributed by atoms with Crippen molar-refractivity contribution in [3.8, 4) is 0 Å². The molecule has 1 saturated heterocycles. The van der Waals surface area contributed by atoms with Gasteiger partial charge in [-0.3, -0.25) is 10.1 Å². The van der Waals surface area contributed by atoms with E-state index in [0.29, 0.717) is 18.8 Å². The molecule has 2 N–H and O–H groups in total. The molecule has 1 aliphatic rings. The molecule has 1 fully saturated rings. The molecule has 0 radical (unpaired) electrons. The van der Waals surface area contributed by atoms with Crippen molar-refractivity contribution in [3.05, 3.63) is 28.1 Å². The topological polar surface area (TPSA) is 75.6 Å². The predicted octanol–water partition coefficient (Wildman–Crippen LogP) is 1.46. The van der Waals surface area contributed by atoms with Gasteiger partial charge in [0.25, 0.3) is 5.69 Å². The Bertz CT molecular complexity index is 509. The van der Waals surface area contributed by atoms with E-state index in [1.807, 2.05) is 18.9 Å². The van der Waals surface area contributed by atoms with Crippen LogP contribution in [0.3, 0.4) is 0 Å². The molecule has 1 aliphatic heterocycles. The normalized spacial score (nSPS) is 20.6. The van der Waals surface area contributed by atoms with E-state index in [2.05, 4.69) is 4.90 Å². The van der Waals surface area contributed by atoms with Crippen molar-refractivity contribution in [1.82, 2.24) is 4.90 Å². The number of benzene rings is 1. The molecule has 0 amide bonds. The van der Waals surface area contributed by atoms with Gasteiger partial charge in [-0.1, -0.05) is 0 Å². The number of rotatable bonds is 2. The lowest BCUT2D eigenvalue weighted by Gasteiger charge is -2.38. The van der Waals surface area contributed by atoms with Crippen LogP contribution in [0.25, 0.3) is 0 Å². The van der Waals surface area contributed by atoms with Gasteiger partial charge in [0.05, 0.1) is 10.6 Å². The molecular weight excluding hydrogens is 251 g/mol. The van der Waals surface area contributed by atoms with Crippen LogP contribution in [-0.4, -0.2) is 42.5 Å². The van der Waals surface area contributed by atoms with Crippen molar-refractivity contribution < 1.29 is 9.31 Å². The third-order valence-electron chi connectivity index (χ3n) is 3.59. The molecule has 19 heavy (non-hydrogen) atoms. The van der Waals surface area contributed by atoms with Crippen LogP contribution in [-0.2, 0) is 0 Å². The maximum Gasteiger partial charge on any atom is 0.294 e. The van der Waals surface area contributed by atoms with Crippen molar-refractivity contribution in [2.75, 3.05) is 37.3 Å². The molecule has 0 aromatic heterocycles. The average Bonchev–Trinajstić information content (AvgIpc) is 2.35. The number of hydrogen-bond donors (Lipinski definition) is 1. The molecule has 6 nitrogen and oxygen atoms in total. The number of nitrogen functional groups attached to an aromatic ring is 1. The number of nitro benzene ring substituents is 1. The maximum absolute atomic E-state index is 13.6. The van der Waals surface area contributed by atoms with Crippen molar-refractivity contribution in [3.63, 3.8) is 0 Å². The summed E-state index contributed by atoms with van der Waals surface area (Å²) in [7, 11) is 2.00. The Morgan fingerprint density at radius 2 is 2.16 bits per heavy atom. The van der Waals surface area contributed by atoms with Gasteiger partial charge in [-0.15, -0.1) is 0 Å². The summed E-state index contributed by atoms with van der Waals surface area (Å²) in [6.45, 7) is 4.07. The van der Waals surface area contributed by atoms with Crippen LogP contribution in [0.1, 0.15) is 6.92 Å². The Balaban J connectivity index is 2.38. The number of anilines is 2. The minimum atomic E-state index is -0.618. The molecule has 1 aromatic carbocycles. The highest BCUT2D eigenvalue weighted by atomic mass is 19.1. The summed E-state index contributed by atoms with van der Waals surface area (Å²) in [6, 6.07) is 2.51. The van der Waals surface area contributed by atoms with E-state index in [4.69, 9.17) is 5.73 Å². The second-order valence-electron chi connectivity index (χ2n) is 4.90. The van der Waals surface area contributed by atoms with Gasteiger partial charge >= 0.3 is 0 Å². The lowest BCUT2D eigenvalue weighted by Crippen LogP contribution is -2.50. The quantitative estimate of drug-likeness (QED) is 0.499. The fourth-order valence-corrected chi connectivity index (χ4v) is 2.23. The number of nitrogens with zero attached hydrogens (tertiary/aromatic N) is 3. The van der Waals surface area contributed by atoms with Crippen LogP contribution < -0.4 is 10.6 Å². The zero-order valence-electron chi connectivity index (χ0n) is 11.0. The molecule has 1 atom stereocenters. The highest BCUT2D eigenvalue weighted by molar-refractivity contribution is 5.69. The standard InChI is InChI=1S/C12H17FN4O2/c1-8-7-16(4-3-15(8)2)11-5-9(13)10(14)6-12(11)17(18)19/h5-6,8H,3-4,7,14H2,1-2H3. The van der Waals surface area contributed by atoms with E-state index in [9.17, 15) is 14.5 Å². The molecule has 2 rings (SSSR count). The number of piperazine rings is 1. The van der Waals surface area contributed by atoms with Gasteiger partial charge in [-0.25, -0.2) is 4.39 Å². The average molecular weight is 268 g/mol. The van der Waals surface area contributed by atoms with Crippen molar-refractivity contribution in [2.45, 2.75) is 13.0 Å². The Morgan fingerprint density at radius 1 is 1.47 bits per heavy atom. The summed E-state index contributed by atoms with van der Waals surface area (Å²) < 4.78 is 13.6. The highest BCUT2D eigenvalue weighted by Gasteiger charge is 2.27. The first-order valence-electron chi connectivity index (χ1n) is 6.08. The van der Waals surface area contributed by atoms with Crippen molar-refractivity contribution in [2.24, 2.45) is 0 Å². The van der Waals surface area contributed by atoms with E-state index < -0.39 is 10.7 Å². The molecule has 0 saturated carbocycles. The van der Waals surface area contributed by atoms with Crippen molar-refractivity contribution in [1.29, 1.82) is 0 Å². The predicted molar refractivity (Wildman–Crippen MR) is 71.8 cm³/mol. The SMILES string of the molecule is CC1CN(c2cc(F)c(N)cc2[N+](=O)[O-])CCN1C.